The molecule has 0 unspecified atom stereocenters. The smallest absolute Gasteiger partial charge is 0.240 e. The summed E-state index contributed by atoms with van der Waals surface area (Å²) in [6, 6.07) is 4.84. The van der Waals surface area contributed by atoms with Crippen molar-refractivity contribution < 1.29 is 17.9 Å². The minimum absolute atomic E-state index is 0.0792. The second kappa shape index (κ2) is 7.99. The molecule has 0 aliphatic carbocycles. The Morgan fingerprint density at radius 1 is 1.24 bits per heavy atom. The topological polar surface area (TPSA) is 84.5 Å². The zero-order valence-electron chi connectivity index (χ0n) is 12.6. The molecular weight excluding hydrogens is 292 g/mol. The zero-order valence-corrected chi connectivity index (χ0v) is 13.4. The van der Waals surface area contributed by atoms with Crippen LogP contribution in [-0.4, -0.2) is 34.5 Å². The molecule has 118 valence electrons. The fourth-order valence-electron chi connectivity index (χ4n) is 1.85. The molecule has 0 saturated carbocycles. The van der Waals surface area contributed by atoms with Crippen LogP contribution in [-0.2, 0) is 14.8 Å². The molecule has 21 heavy (non-hydrogen) atoms. The Morgan fingerprint density at radius 2 is 1.90 bits per heavy atom. The first-order valence-corrected chi connectivity index (χ1v) is 8.24. The molecule has 0 atom stereocenters. The number of carbonyl (C=O) groups excluding carboxylic acids is 1. The molecule has 1 aromatic carbocycles. The van der Waals surface area contributed by atoms with Gasteiger partial charge in [0.05, 0.1) is 12.0 Å². The van der Waals surface area contributed by atoms with E-state index in [-0.39, 0.29) is 10.8 Å². The van der Waals surface area contributed by atoms with Gasteiger partial charge >= 0.3 is 0 Å². The SMILES string of the molecule is COc1ccc(S(=O)(=O)NCCCCNC(C)=O)c(C)c1. The highest BCUT2D eigenvalue weighted by molar-refractivity contribution is 7.89. The summed E-state index contributed by atoms with van der Waals surface area (Å²) >= 11 is 0. The lowest BCUT2D eigenvalue weighted by atomic mass is 10.2. The molecule has 0 saturated heterocycles. The highest BCUT2D eigenvalue weighted by atomic mass is 32.2. The number of amides is 1. The second-order valence-electron chi connectivity index (χ2n) is 4.72. The summed E-state index contributed by atoms with van der Waals surface area (Å²) in [5.74, 6) is 0.547. The number of sulfonamides is 1. The van der Waals surface area contributed by atoms with Crippen LogP contribution in [0.1, 0.15) is 25.3 Å². The molecule has 0 spiro atoms. The molecule has 0 fully saturated rings. The van der Waals surface area contributed by atoms with Gasteiger partial charge in [0, 0.05) is 20.0 Å². The van der Waals surface area contributed by atoms with Crippen LogP contribution >= 0.6 is 0 Å². The lowest BCUT2D eigenvalue weighted by molar-refractivity contribution is -0.118. The average molecular weight is 314 g/mol. The van der Waals surface area contributed by atoms with Gasteiger partial charge in [0.25, 0.3) is 0 Å². The highest BCUT2D eigenvalue weighted by Gasteiger charge is 2.16. The lowest BCUT2D eigenvalue weighted by Gasteiger charge is -2.10. The first-order chi connectivity index (χ1) is 9.86. The number of hydrogen-bond acceptors (Lipinski definition) is 4. The van der Waals surface area contributed by atoms with Crippen LogP contribution in [0.3, 0.4) is 0 Å². The third-order valence-corrected chi connectivity index (χ3v) is 4.56. The lowest BCUT2D eigenvalue weighted by Crippen LogP contribution is -2.27. The molecule has 2 N–H and O–H groups in total. The van der Waals surface area contributed by atoms with Crippen molar-refractivity contribution in [2.75, 3.05) is 20.2 Å². The van der Waals surface area contributed by atoms with Gasteiger partial charge in [0.2, 0.25) is 15.9 Å². The number of unbranched alkanes of at least 4 members (excludes halogenated alkanes) is 1. The van der Waals surface area contributed by atoms with E-state index in [0.717, 1.165) is 6.42 Å². The maximum Gasteiger partial charge on any atom is 0.240 e. The Kier molecular flexibility index (Phi) is 6.64. The molecule has 6 nitrogen and oxygen atoms in total. The second-order valence-corrected chi connectivity index (χ2v) is 6.45. The Balaban J connectivity index is 2.52. The monoisotopic (exact) mass is 314 g/mol. The van der Waals surface area contributed by atoms with E-state index in [4.69, 9.17) is 4.74 Å². The van der Waals surface area contributed by atoms with Gasteiger partial charge in [-0.3, -0.25) is 4.79 Å². The summed E-state index contributed by atoms with van der Waals surface area (Å²) in [5.41, 5.74) is 0.639. The van der Waals surface area contributed by atoms with Gasteiger partial charge < -0.3 is 10.1 Å². The molecule has 1 rings (SSSR count). The van der Waals surface area contributed by atoms with Crippen LogP contribution in [0, 0.1) is 6.92 Å². The summed E-state index contributed by atoms with van der Waals surface area (Å²) in [7, 11) is -1.97. The Morgan fingerprint density at radius 3 is 2.48 bits per heavy atom. The van der Waals surface area contributed by atoms with E-state index in [0.29, 0.717) is 30.8 Å². The quantitative estimate of drug-likeness (QED) is 0.706. The van der Waals surface area contributed by atoms with Gasteiger partial charge in [0.1, 0.15) is 5.75 Å². The van der Waals surface area contributed by atoms with Crippen molar-refractivity contribution in [3.8, 4) is 5.75 Å². The Labute approximate surface area is 125 Å². The van der Waals surface area contributed by atoms with E-state index in [1.165, 1.54) is 20.1 Å². The minimum atomic E-state index is -3.51. The third-order valence-electron chi connectivity index (χ3n) is 2.94. The van der Waals surface area contributed by atoms with E-state index < -0.39 is 10.0 Å². The van der Waals surface area contributed by atoms with E-state index in [9.17, 15) is 13.2 Å². The fourth-order valence-corrected chi connectivity index (χ4v) is 3.15. The molecule has 0 heterocycles. The average Bonchev–Trinajstić information content (AvgIpc) is 2.41. The number of methoxy groups -OCH3 is 1. The number of benzene rings is 1. The van der Waals surface area contributed by atoms with Gasteiger partial charge in [-0.2, -0.15) is 0 Å². The molecule has 7 heteroatoms. The number of carbonyl (C=O) groups is 1. The highest BCUT2D eigenvalue weighted by Crippen LogP contribution is 2.20. The van der Waals surface area contributed by atoms with Crippen LogP contribution in [0.4, 0.5) is 0 Å². The van der Waals surface area contributed by atoms with Crippen LogP contribution in [0.5, 0.6) is 5.75 Å². The molecule has 0 aromatic heterocycles. The summed E-state index contributed by atoms with van der Waals surface area (Å²) in [6.45, 7) is 4.08. The number of rotatable bonds is 8. The van der Waals surface area contributed by atoms with Crippen LogP contribution in [0.15, 0.2) is 23.1 Å². The molecule has 1 amide bonds. The van der Waals surface area contributed by atoms with Crippen LogP contribution in [0.25, 0.3) is 0 Å². The Hall–Kier alpha value is -1.60. The molecule has 0 bridgehead atoms. The van der Waals surface area contributed by atoms with Gasteiger partial charge in [0.15, 0.2) is 0 Å². The number of hydrogen-bond donors (Lipinski definition) is 2. The number of nitrogens with one attached hydrogen (secondary N) is 2. The summed E-state index contributed by atoms with van der Waals surface area (Å²) < 4.78 is 32.0. The van der Waals surface area contributed by atoms with Crippen LogP contribution in [0.2, 0.25) is 0 Å². The fraction of sp³-hybridized carbons (Fsp3) is 0.500. The maximum atomic E-state index is 12.2. The molecule has 0 aliphatic heterocycles. The van der Waals surface area contributed by atoms with Crippen molar-refractivity contribution in [1.82, 2.24) is 10.0 Å². The van der Waals surface area contributed by atoms with Crippen molar-refractivity contribution in [2.45, 2.75) is 31.6 Å². The molecule has 0 radical (unpaired) electrons. The first kappa shape index (κ1) is 17.5. The minimum Gasteiger partial charge on any atom is -0.497 e. The summed E-state index contributed by atoms with van der Waals surface area (Å²) in [5, 5.41) is 2.67. The predicted octanol–water partition coefficient (Wildman–Crippen LogP) is 1.20. The molecular formula is C14H22N2O4S. The van der Waals surface area contributed by atoms with Gasteiger partial charge in [-0.25, -0.2) is 13.1 Å². The first-order valence-electron chi connectivity index (χ1n) is 6.75. The third kappa shape index (κ3) is 5.73. The van der Waals surface area contributed by atoms with Gasteiger partial charge in [-0.05, 0) is 43.5 Å². The zero-order chi connectivity index (χ0) is 15.9. The Bertz CT molecular complexity index is 585. The molecule has 1 aromatic rings. The number of aryl methyl sites for hydroxylation is 1. The molecule has 0 aliphatic rings. The van der Waals surface area contributed by atoms with Crippen molar-refractivity contribution in [2.24, 2.45) is 0 Å². The predicted molar refractivity (Wildman–Crippen MR) is 80.8 cm³/mol. The normalized spacial score (nSPS) is 11.2. The standard InChI is InChI=1S/C14H22N2O4S/c1-11-10-13(20-3)6-7-14(11)21(18,19)16-9-5-4-8-15-12(2)17/h6-7,10,16H,4-5,8-9H2,1-3H3,(H,15,17). The largest absolute Gasteiger partial charge is 0.497 e. The van der Waals surface area contributed by atoms with Crippen molar-refractivity contribution >= 4 is 15.9 Å². The van der Waals surface area contributed by atoms with Crippen LogP contribution < -0.4 is 14.8 Å². The maximum absolute atomic E-state index is 12.2. The van der Waals surface area contributed by atoms with Gasteiger partial charge in [-0.1, -0.05) is 0 Å². The van der Waals surface area contributed by atoms with E-state index in [1.807, 2.05) is 0 Å². The van der Waals surface area contributed by atoms with Crippen molar-refractivity contribution in [1.29, 1.82) is 0 Å². The van der Waals surface area contributed by atoms with Gasteiger partial charge in [-0.15, -0.1) is 0 Å². The van der Waals surface area contributed by atoms with E-state index in [1.54, 1.807) is 19.1 Å². The number of ether oxygens (including phenoxy) is 1. The summed E-state index contributed by atoms with van der Waals surface area (Å²) in [4.78, 5) is 10.9. The van der Waals surface area contributed by atoms with Crippen molar-refractivity contribution in [3.63, 3.8) is 0 Å². The van der Waals surface area contributed by atoms with Crippen molar-refractivity contribution in [3.05, 3.63) is 23.8 Å². The van der Waals surface area contributed by atoms with E-state index in [2.05, 4.69) is 10.0 Å². The van der Waals surface area contributed by atoms with E-state index >= 15 is 0 Å². The summed E-state index contributed by atoms with van der Waals surface area (Å²) in [6.07, 6.45) is 1.39.